The van der Waals surface area contributed by atoms with Crippen LogP contribution in [0.25, 0.3) is 0 Å². The van der Waals surface area contributed by atoms with Crippen molar-refractivity contribution in [3.8, 4) is 0 Å². The van der Waals surface area contributed by atoms with Crippen LogP contribution in [0.5, 0.6) is 0 Å². The Hall–Kier alpha value is -2.98. The molecule has 2 saturated heterocycles. The second-order valence-electron chi connectivity index (χ2n) is 7.73. The molecule has 0 saturated carbocycles. The van der Waals surface area contributed by atoms with Crippen LogP contribution in [0.3, 0.4) is 0 Å². The van der Waals surface area contributed by atoms with Crippen molar-refractivity contribution in [2.45, 2.75) is 23.8 Å². The number of anilines is 1. The molecule has 0 aliphatic carbocycles. The zero-order valence-corrected chi connectivity index (χ0v) is 18.2. The third-order valence-electron chi connectivity index (χ3n) is 5.61. The zero-order chi connectivity index (χ0) is 22.7. The molecule has 32 heavy (non-hydrogen) atoms. The van der Waals surface area contributed by atoms with Gasteiger partial charge in [0, 0.05) is 38.3 Å². The number of ether oxygens (including phenoxy) is 1. The molecule has 1 unspecified atom stereocenters. The Labute approximate surface area is 186 Å². The standard InChI is InChI=1S/C22H24FN3O5S/c23-18-4-1-2-5-19(18)24-32(29,30)17-9-7-16(8-10-17)21(27)25-11-13-26(14-12-25)22(28)20-6-3-15-31-20/h1-2,4-5,7-10,20,24H,3,6,11-15H2. The maximum atomic E-state index is 13.8. The van der Waals surface area contributed by atoms with E-state index in [0.29, 0.717) is 38.3 Å². The van der Waals surface area contributed by atoms with Gasteiger partial charge in [0.1, 0.15) is 11.9 Å². The van der Waals surface area contributed by atoms with Gasteiger partial charge in [0.15, 0.2) is 0 Å². The topological polar surface area (TPSA) is 96.0 Å². The molecule has 2 fully saturated rings. The van der Waals surface area contributed by atoms with Crippen LogP contribution in [0, 0.1) is 5.82 Å². The van der Waals surface area contributed by atoms with E-state index in [2.05, 4.69) is 4.72 Å². The number of halogens is 1. The fraction of sp³-hybridized carbons (Fsp3) is 0.364. The highest BCUT2D eigenvalue weighted by molar-refractivity contribution is 7.92. The molecule has 1 atom stereocenters. The molecule has 4 rings (SSSR count). The van der Waals surface area contributed by atoms with E-state index >= 15 is 0 Å². The highest BCUT2D eigenvalue weighted by atomic mass is 32.2. The molecule has 1 N–H and O–H groups in total. The van der Waals surface area contributed by atoms with E-state index in [9.17, 15) is 22.4 Å². The molecule has 2 amide bonds. The molecule has 2 aliphatic rings. The number of amides is 2. The molecular formula is C22H24FN3O5S. The summed E-state index contributed by atoms with van der Waals surface area (Å²) in [5.41, 5.74) is 0.191. The molecule has 0 aromatic heterocycles. The first-order chi connectivity index (χ1) is 15.3. The highest BCUT2D eigenvalue weighted by Gasteiger charge is 2.31. The van der Waals surface area contributed by atoms with Crippen molar-refractivity contribution >= 4 is 27.5 Å². The Balaban J connectivity index is 1.37. The Kier molecular flexibility index (Phi) is 6.43. The predicted octanol–water partition coefficient (Wildman–Crippen LogP) is 2.09. The summed E-state index contributed by atoms with van der Waals surface area (Å²) in [5.74, 6) is -0.938. The number of para-hydroxylation sites is 1. The molecular weight excluding hydrogens is 437 g/mol. The Morgan fingerprint density at radius 2 is 1.62 bits per heavy atom. The quantitative estimate of drug-likeness (QED) is 0.736. The van der Waals surface area contributed by atoms with Gasteiger partial charge in [0.25, 0.3) is 21.8 Å². The van der Waals surface area contributed by atoms with E-state index in [1.807, 2.05) is 0 Å². The maximum Gasteiger partial charge on any atom is 0.261 e. The molecule has 2 aliphatic heterocycles. The lowest BCUT2D eigenvalue weighted by Gasteiger charge is -2.35. The van der Waals surface area contributed by atoms with Crippen LogP contribution in [0.4, 0.5) is 10.1 Å². The zero-order valence-electron chi connectivity index (χ0n) is 17.4. The van der Waals surface area contributed by atoms with Gasteiger partial charge >= 0.3 is 0 Å². The summed E-state index contributed by atoms with van der Waals surface area (Å²) in [6.07, 6.45) is 1.25. The number of sulfonamides is 1. The Morgan fingerprint density at radius 1 is 0.969 bits per heavy atom. The minimum Gasteiger partial charge on any atom is -0.368 e. The lowest BCUT2D eigenvalue weighted by Crippen LogP contribution is -2.52. The SMILES string of the molecule is O=C(c1ccc(S(=O)(=O)Nc2ccccc2F)cc1)N1CCN(C(=O)C2CCCO2)CC1. The molecule has 2 aromatic rings. The van der Waals surface area contributed by atoms with Gasteiger partial charge in [-0.05, 0) is 49.2 Å². The third-order valence-corrected chi connectivity index (χ3v) is 6.99. The monoisotopic (exact) mass is 461 g/mol. The van der Waals surface area contributed by atoms with E-state index < -0.39 is 15.8 Å². The normalized spacial score (nSPS) is 19.1. The van der Waals surface area contributed by atoms with Gasteiger partial charge in [-0.25, -0.2) is 12.8 Å². The predicted molar refractivity (Wildman–Crippen MR) is 115 cm³/mol. The number of nitrogens with zero attached hydrogens (tertiary/aromatic N) is 2. The second kappa shape index (κ2) is 9.25. The summed E-state index contributed by atoms with van der Waals surface area (Å²) in [7, 11) is -4.00. The molecule has 0 radical (unpaired) electrons. The van der Waals surface area contributed by atoms with Crippen LogP contribution < -0.4 is 4.72 Å². The van der Waals surface area contributed by atoms with Crippen molar-refractivity contribution in [2.24, 2.45) is 0 Å². The molecule has 170 valence electrons. The van der Waals surface area contributed by atoms with E-state index in [1.54, 1.807) is 9.80 Å². The van der Waals surface area contributed by atoms with Gasteiger partial charge in [-0.1, -0.05) is 12.1 Å². The number of rotatable bonds is 5. The summed E-state index contributed by atoms with van der Waals surface area (Å²) < 4.78 is 46.5. The summed E-state index contributed by atoms with van der Waals surface area (Å²) in [6.45, 7) is 2.27. The highest BCUT2D eigenvalue weighted by Crippen LogP contribution is 2.20. The van der Waals surface area contributed by atoms with Gasteiger partial charge in [0.05, 0.1) is 10.6 Å². The number of carbonyl (C=O) groups excluding carboxylic acids is 2. The van der Waals surface area contributed by atoms with Crippen LogP contribution in [0.15, 0.2) is 53.4 Å². The van der Waals surface area contributed by atoms with Gasteiger partial charge in [0.2, 0.25) is 0 Å². The lowest BCUT2D eigenvalue weighted by atomic mass is 10.1. The van der Waals surface area contributed by atoms with Gasteiger partial charge in [-0.15, -0.1) is 0 Å². The van der Waals surface area contributed by atoms with E-state index in [4.69, 9.17) is 4.74 Å². The largest absolute Gasteiger partial charge is 0.368 e. The van der Waals surface area contributed by atoms with E-state index in [1.165, 1.54) is 42.5 Å². The number of hydrogen-bond acceptors (Lipinski definition) is 5. The molecule has 10 heteroatoms. The van der Waals surface area contributed by atoms with Gasteiger partial charge in [-0.2, -0.15) is 0 Å². The molecule has 2 heterocycles. The molecule has 0 bridgehead atoms. The maximum absolute atomic E-state index is 13.8. The van der Waals surface area contributed by atoms with Gasteiger partial charge < -0.3 is 14.5 Å². The number of benzene rings is 2. The van der Waals surface area contributed by atoms with Crippen molar-refractivity contribution in [2.75, 3.05) is 37.5 Å². The molecule has 2 aromatic carbocycles. The number of hydrogen-bond donors (Lipinski definition) is 1. The summed E-state index contributed by atoms with van der Waals surface area (Å²) >= 11 is 0. The van der Waals surface area contributed by atoms with Crippen LogP contribution >= 0.6 is 0 Å². The van der Waals surface area contributed by atoms with Crippen molar-refractivity contribution in [1.82, 2.24) is 9.80 Å². The summed E-state index contributed by atoms with van der Waals surface area (Å²) in [5, 5.41) is 0. The first kappa shape index (κ1) is 22.2. The van der Waals surface area contributed by atoms with E-state index in [-0.39, 0.29) is 28.5 Å². The minimum atomic E-state index is -4.00. The second-order valence-corrected chi connectivity index (χ2v) is 9.41. The van der Waals surface area contributed by atoms with Crippen LogP contribution in [0.1, 0.15) is 23.2 Å². The number of carbonyl (C=O) groups is 2. The van der Waals surface area contributed by atoms with Crippen LogP contribution in [-0.2, 0) is 19.6 Å². The van der Waals surface area contributed by atoms with Gasteiger partial charge in [-0.3, -0.25) is 14.3 Å². The number of nitrogens with one attached hydrogen (secondary N) is 1. The fourth-order valence-corrected chi connectivity index (χ4v) is 4.88. The Bertz CT molecular complexity index is 1090. The lowest BCUT2D eigenvalue weighted by molar-refractivity contribution is -0.142. The summed E-state index contributed by atoms with van der Waals surface area (Å²) in [6, 6.07) is 11.0. The van der Waals surface area contributed by atoms with Crippen molar-refractivity contribution in [3.63, 3.8) is 0 Å². The minimum absolute atomic E-state index is 0.0217. The molecule has 8 nitrogen and oxygen atoms in total. The molecule has 0 spiro atoms. The van der Waals surface area contributed by atoms with Crippen molar-refractivity contribution < 1.29 is 27.1 Å². The van der Waals surface area contributed by atoms with Crippen molar-refractivity contribution in [1.29, 1.82) is 0 Å². The fourth-order valence-electron chi connectivity index (χ4n) is 3.81. The summed E-state index contributed by atoms with van der Waals surface area (Å²) in [4.78, 5) is 28.5. The first-order valence-electron chi connectivity index (χ1n) is 10.4. The van der Waals surface area contributed by atoms with Crippen LogP contribution in [-0.4, -0.2) is 68.9 Å². The first-order valence-corrected chi connectivity index (χ1v) is 11.9. The number of piperazine rings is 1. The smallest absolute Gasteiger partial charge is 0.261 e. The van der Waals surface area contributed by atoms with E-state index in [0.717, 1.165) is 18.9 Å². The third kappa shape index (κ3) is 4.76. The Morgan fingerprint density at radius 3 is 2.25 bits per heavy atom. The average Bonchev–Trinajstić information content (AvgIpc) is 3.35. The average molecular weight is 462 g/mol. The van der Waals surface area contributed by atoms with Crippen molar-refractivity contribution in [3.05, 3.63) is 59.9 Å². The van der Waals surface area contributed by atoms with Crippen LogP contribution in [0.2, 0.25) is 0 Å².